The summed E-state index contributed by atoms with van der Waals surface area (Å²) in [6.07, 6.45) is 4.43. The van der Waals surface area contributed by atoms with Gasteiger partial charge in [-0.3, -0.25) is 0 Å². The van der Waals surface area contributed by atoms with E-state index in [1.54, 1.807) is 12.1 Å². The first kappa shape index (κ1) is 18.9. The predicted octanol–water partition coefficient (Wildman–Crippen LogP) is 4.10. The molecule has 0 saturated carbocycles. The molecule has 144 valence electrons. The van der Waals surface area contributed by atoms with E-state index >= 15 is 0 Å². The zero-order valence-corrected chi connectivity index (χ0v) is 15.2. The average Bonchev–Trinajstić information content (AvgIpc) is 2.67. The van der Waals surface area contributed by atoms with Gasteiger partial charge in [-0.25, -0.2) is 4.99 Å². The molecule has 0 radical (unpaired) electrons. The maximum absolute atomic E-state index is 12.6. The number of hydrogen-bond donors (Lipinski definition) is 2. The first-order valence-corrected chi connectivity index (χ1v) is 8.86. The molecule has 0 unspecified atom stereocenters. The second-order valence-electron chi connectivity index (χ2n) is 6.33. The van der Waals surface area contributed by atoms with Crippen LogP contribution in [-0.2, 0) is 19.4 Å². The lowest BCUT2D eigenvalue weighted by atomic mass is 9.90. The van der Waals surface area contributed by atoms with Crippen molar-refractivity contribution in [2.75, 3.05) is 12.4 Å². The topological polar surface area (TPSA) is 68.9 Å². The summed E-state index contributed by atoms with van der Waals surface area (Å²) in [4.78, 5) is 4.28. The molecule has 3 rings (SSSR count). The van der Waals surface area contributed by atoms with E-state index in [1.165, 1.54) is 30.7 Å². The summed E-state index contributed by atoms with van der Waals surface area (Å²) < 4.78 is 34.9. The number of benzene rings is 2. The Balaban J connectivity index is 1.76. The zero-order valence-electron chi connectivity index (χ0n) is 15.2. The van der Waals surface area contributed by atoms with Gasteiger partial charge in [0, 0.05) is 11.3 Å². The number of alkyl halides is 2. The van der Waals surface area contributed by atoms with E-state index in [-0.39, 0.29) is 18.3 Å². The van der Waals surface area contributed by atoms with Crippen LogP contribution in [0.15, 0.2) is 41.4 Å². The van der Waals surface area contributed by atoms with Gasteiger partial charge < -0.3 is 20.5 Å². The van der Waals surface area contributed by atoms with E-state index in [4.69, 9.17) is 10.5 Å². The van der Waals surface area contributed by atoms with Gasteiger partial charge in [-0.2, -0.15) is 8.78 Å². The summed E-state index contributed by atoms with van der Waals surface area (Å²) in [6, 6.07) is 10.7. The maximum Gasteiger partial charge on any atom is 0.387 e. The number of fused-ring (bicyclic) bond motifs is 1. The molecule has 1 aliphatic rings. The standard InChI is InChI=1S/C20H23F2N3O2/c1-26-15-9-10-18(27-19(21)22)14(11-15)12-24-20(23)25-17-8-4-6-13-5-2-3-7-16(13)17/h4,6,8-11,19H,2-3,5,7,12H2,1H3,(H3,23,24,25). The number of nitrogens with two attached hydrogens (primary N) is 1. The highest BCUT2D eigenvalue weighted by Gasteiger charge is 2.14. The number of anilines is 1. The number of halogens is 2. The van der Waals surface area contributed by atoms with Crippen LogP contribution in [0.25, 0.3) is 0 Å². The smallest absolute Gasteiger partial charge is 0.387 e. The van der Waals surface area contributed by atoms with Crippen LogP contribution < -0.4 is 20.5 Å². The Morgan fingerprint density at radius 1 is 1.22 bits per heavy atom. The lowest BCUT2D eigenvalue weighted by molar-refractivity contribution is -0.0504. The number of rotatable bonds is 6. The van der Waals surface area contributed by atoms with Gasteiger partial charge in [0.1, 0.15) is 11.5 Å². The molecule has 2 aromatic carbocycles. The summed E-state index contributed by atoms with van der Waals surface area (Å²) >= 11 is 0. The zero-order chi connectivity index (χ0) is 19.2. The monoisotopic (exact) mass is 375 g/mol. The van der Waals surface area contributed by atoms with Crippen molar-refractivity contribution in [3.8, 4) is 11.5 Å². The molecular formula is C20H23F2N3O2. The van der Waals surface area contributed by atoms with Crippen LogP contribution >= 0.6 is 0 Å². The lowest BCUT2D eigenvalue weighted by Gasteiger charge is -2.20. The first-order valence-electron chi connectivity index (χ1n) is 8.86. The molecule has 0 fully saturated rings. The normalized spacial score (nSPS) is 14.0. The van der Waals surface area contributed by atoms with Crippen LogP contribution in [-0.4, -0.2) is 19.7 Å². The van der Waals surface area contributed by atoms with E-state index in [1.807, 2.05) is 12.1 Å². The quantitative estimate of drug-likeness (QED) is 0.589. The van der Waals surface area contributed by atoms with E-state index in [2.05, 4.69) is 21.1 Å². The third-order valence-corrected chi connectivity index (χ3v) is 4.56. The minimum atomic E-state index is -2.91. The van der Waals surface area contributed by atoms with Crippen LogP contribution in [0.2, 0.25) is 0 Å². The Bertz CT molecular complexity index is 825. The molecule has 3 N–H and O–H groups in total. The van der Waals surface area contributed by atoms with Crippen molar-refractivity contribution in [3.05, 3.63) is 53.1 Å². The fourth-order valence-corrected chi connectivity index (χ4v) is 3.26. The molecular weight excluding hydrogens is 352 g/mol. The van der Waals surface area contributed by atoms with Gasteiger partial charge in [0.2, 0.25) is 0 Å². The molecule has 0 amide bonds. The fraction of sp³-hybridized carbons (Fsp3) is 0.350. The summed E-state index contributed by atoms with van der Waals surface area (Å²) in [5.74, 6) is 0.810. The summed E-state index contributed by atoms with van der Waals surface area (Å²) in [6.45, 7) is -2.82. The van der Waals surface area contributed by atoms with Gasteiger partial charge in [0.05, 0.1) is 13.7 Å². The maximum atomic E-state index is 12.6. The van der Waals surface area contributed by atoms with Crippen LogP contribution in [0.1, 0.15) is 29.5 Å². The van der Waals surface area contributed by atoms with E-state index < -0.39 is 6.61 Å². The molecule has 27 heavy (non-hydrogen) atoms. The molecule has 0 aliphatic heterocycles. The molecule has 0 atom stereocenters. The van der Waals surface area contributed by atoms with Crippen molar-refractivity contribution < 1.29 is 18.3 Å². The third-order valence-electron chi connectivity index (χ3n) is 4.56. The van der Waals surface area contributed by atoms with Gasteiger partial charge in [-0.15, -0.1) is 0 Å². The number of nitrogens with zero attached hydrogens (tertiary/aromatic N) is 1. The molecule has 0 heterocycles. The second-order valence-corrected chi connectivity index (χ2v) is 6.33. The minimum absolute atomic E-state index is 0.0550. The van der Waals surface area contributed by atoms with Crippen LogP contribution in [0, 0.1) is 0 Å². The van der Waals surface area contributed by atoms with Gasteiger partial charge >= 0.3 is 6.61 Å². The summed E-state index contributed by atoms with van der Waals surface area (Å²) in [5, 5.41) is 3.14. The predicted molar refractivity (Wildman–Crippen MR) is 102 cm³/mol. The Kier molecular flexibility index (Phi) is 6.11. The number of methoxy groups -OCH3 is 1. The van der Waals surface area contributed by atoms with Crippen molar-refractivity contribution in [1.29, 1.82) is 0 Å². The lowest BCUT2D eigenvalue weighted by Crippen LogP contribution is -2.24. The van der Waals surface area contributed by atoms with Crippen LogP contribution in [0.3, 0.4) is 0 Å². The molecule has 7 heteroatoms. The SMILES string of the molecule is COc1ccc(OC(F)F)c(CN=C(N)Nc2cccc3c2CCCC3)c1. The van der Waals surface area contributed by atoms with Gasteiger partial charge in [-0.1, -0.05) is 12.1 Å². The average molecular weight is 375 g/mol. The number of nitrogens with one attached hydrogen (secondary N) is 1. The Labute approximate surface area is 157 Å². The molecule has 0 aromatic heterocycles. The summed E-state index contributed by atoms with van der Waals surface area (Å²) in [7, 11) is 1.50. The van der Waals surface area contributed by atoms with E-state index in [0.29, 0.717) is 11.3 Å². The Hall–Kier alpha value is -2.83. The van der Waals surface area contributed by atoms with Gasteiger partial charge in [0.15, 0.2) is 5.96 Å². The molecule has 5 nitrogen and oxygen atoms in total. The van der Waals surface area contributed by atoms with Crippen molar-refractivity contribution in [1.82, 2.24) is 0 Å². The molecule has 0 bridgehead atoms. The van der Waals surface area contributed by atoms with Gasteiger partial charge in [-0.05, 0) is 61.1 Å². The Morgan fingerprint density at radius 2 is 2.04 bits per heavy atom. The highest BCUT2D eigenvalue weighted by molar-refractivity contribution is 5.93. The van der Waals surface area contributed by atoms with E-state index in [9.17, 15) is 8.78 Å². The largest absolute Gasteiger partial charge is 0.497 e. The minimum Gasteiger partial charge on any atom is -0.497 e. The van der Waals surface area contributed by atoms with Crippen LogP contribution in [0.4, 0.5) is 14.5 Å². The summed E-state index contributed by atoms with van der Waals surface area (Å²) in [5.41, 5.74) is 10.0. The first-order chi connectivity index (χ1) is 13.1. The van der Waals surface area contributed by atoms with E-state index in [0.717, 1.165) is 24.9 Å². The fourth-order valence-electron chi connectivity index (χ4n) is 3.26. The molecule has 2 aromatic rings. The number of guanidine groups is 1. The third kappa shape index (κ3) is 4.87. The van der Waals surface area contributed by atoms with Gasteiger partial charge in [0.25, 0.3) is 0 Å². The highest BCUT2D eigenvalue weighted by atomic mass is 19.3. The molecule has 0 saturated heterocycles. The number of aryl methyl sites for hydroxylation is 1. The number of ether oxygens (including phenoxy) is 2. The number of hydrogen-bond acceptors (Lipinski definition) is 3. The molecule has 0 spiro atoms. The number of aliphatic imine (C=N–C) groups is 1. The Morgan fingerprint density at radius 3 is 2.81 bits per heavy atom. The molecule has 1 aliphatic carbocycles. The second kappa shape index (κ2) is 8.70. The van der Waals surface area contributed by atoms with Crippen molar-refractivity contribution in [3.63, 3.8) is 0 Å². The van der Waals surface area contributed by atoms with Crippen molar-refractivity contribution >= 4 is 11.6 Å². The highest BCUT2D eigenvalue weighted by Crippen LogP contribution is 2.28. The van der Waals surface area contributed by atoms with Crippen LogP contribution in [0.5, 0.6) is 11.5 Å². The van der Waals surface area contributed by atoms with Crippen molar-refractivity contribution in [2.45, 2.75) is 38.8 Å². The van der Waals surface area contributed by atoms with Crippen molar-refractivity contribution in [2.24, 2.45) is 10.7 Å².